The monoisotopic (exact) mass is 403 g/mol. The van der Waals surface area contributed by atoms with Crippen molar-refractivity contribution in [3.05, 3.63) is 89.7 Å². The lowest BCUT2D eigenvalue weighted by atomic mass is 10.1. The average Bonchev–Trinajstić information content (AvgIpc) is 3.02. The Kier molecular flexibility index (Phi) is 4.81. The van der Waals surface area contributed by atoms with Gasteiger partial charge in [0.25, 0.3) is 11.8 Å². The van der Waals surface area contributed by atoms with Crippen molar-refractivity contribution < 1.29 is 24.2 Å². The highest BCUT2D eigenvalue weighted by Crippen LogP contribution is 2.39. The topological polar surface area (TPSA) is 104 Å². The van der Waals surface area contributed by atoms with Crippen molar-refractivity contribution in [3.8, 4) is 17.4 Å². The van der Waals surface area contributed by atoms with E-state index in [4.69, 9.17) is 0 Å². The van der Waals surface area contributed by atoms with Crippen LogP contribution < -0.4 is 0 Å². The summed E-state index contributed by atoms with van der Waals surface area (Å²) in [6, 6.07) is 17.5. The third-order valence-electron chi connectivity index (χ3n) is 4.51. The van der Waals surface area contributed by atoms with E-state index in [1.165, 1.54) is 42.5 Å². The highest BCUT2D eigenvalue weighted by atomic mass is 19.1. The van der Waals surface area contributed by atoms with Crippen molar-refractivity contribution in [2.45, 2.75) is 0 Å². The molecule has 0 radical (unpaired) electrons. The highest BCUT2D eigenvalue weighted by Gasteiger charge is 2.19. The van der Waals surface area contributed by atoms with E-state index in [0.29, 0.717) is 11.3 Å². The molecule has 7 nitrogen and oxygen atoms in total. The summed E-state index contributed by atoms with van der Waals surface area (Å²) in [7, 11) is 0. The Morgan fingerprint density at radius 2 is 1.33 bits per heavy atom. The van der Waals surface area contributed by atoms with E-state index >= 15 is 0 Å². The van der Waals surface area contributed by atoms with E-state index < -0.39 is 17.6 Å². The highest BCUT2D eigenvalue weighted by molar-refractivity contribution is 6.03. The fraction of sp³-hybridized carbons (Fsp3) is 0. The molecule has 3 aromatic carbocycles. The van der Waals surface area contributed by atoms with Gasteiger partial charge in [-0.25, -0.2) is 4.39 Å². The van der Waals surface area contributed by atoms with Crippen molar-refractivity contribution in [1.82, 2.24) is 4.57 Å². The molecule has 0 aliphatic carbocycles. The predicted octanol–water partition coefficient (Wildman–Crippen LogP) is 4.61. The first-order chi connectivity index (χ1) is 14.5. The van der Waals surface area contributed by atoms with Crippen LogP contribution in [0.2, 0.25) is 0 Å². The summed E-state index contributed by atoms with van der Waals surface area (Å²) < 4.78 is 14.3. The van der Waals surface area contributed by atoms with Gasteiger partial charge in [-0.3, -0.25) is 14.2 Å². The van der Waals surface area contributed by atoms with Gasteiger partial charge in [-0.1, -0.05) is 18.2 Å². The molecule has 1 aromatic heterocycles. The molecular weight excluding hydrogens is 389 g/mol. The summed E-state index contributed by atoms with van der Waals surface area (Å²) in [5.74, 6) is -2.50. The zero-order chi connectivity index (χ0) is 21.3. The molecule has 0 spiro atoms. The van der Waals surface area contributed by atoms with Crippen LogP contribution >= 0.6 is 0 Å². The number of amides is 2. The molecule has 148 valence electrons. The Morgan fingerprint density at radius 1 is 0.733 bits per heavy atom. The first kappa shape index (κ1) is 19.0. The molecule has 0 atom stereocenters. The molecule has 0 bridgehead atoms. The van der Waals surface area contributed by atoms with Crippen LogP contribution in [0.1, 0.15) is 20.7 Å². The lowest BCUT2D eigenvalue weighted by Gasteiger charge is -2.06. The molecule has 0 saturated heterocycles. The third-order valence-corrected chi connectivity index (χ3v) is 4.51. The van der Waals surface area contributed by atoms with Gasteiger partial charge in [0.05, 0.1) is 5.69 Å². The Labute approximate surface area is 169 Å². The van der Waals surface area contributed by atoms with Crippen LogP contribution in [0.5, 0.6) is 11.8 Å². The molecule has 4 aromatic rings. The van der Waals surface area contributed by atoms with Crippen molar-refractivity contribution in [2.75, 3.05) is 0 Å². The van der Waals surface area contributed by atoms with Crippen LogP contribution in [0.3, 0.4) is 0 Å². The smallest absolute Gasteiger partial charge is 0.295 e. The first-order valence-corrected chi connectivity index (χ1v) is 8.83. The van der Waals surface area contributed by atoms with Crippen LogP contribution in [0.15, 0.2) is 83.0 Å². The summed E-state index contributed by atoms with van der Waals surface area (Å²) in [4.78, 5) is 24.3. The normalized spacial score (nSPS) is 11.2. The van der Waals surface area contributed by atoms with Gasteiger partial charge in [-0.15, -0.1) is 10.2 Å². The molecule has 0 saturated carbocycles. The quantitative estimate of drug-likeness (QED) is 0.487. The Morgan fingerprint density at radius 3 is 2.00 bits per heavy atom. The maximum Gasteiger partial charge on any atom is 0.295 e. The van der Waals surface area contributed by atoms with Crippen LogP contribution in [0, 0.1) is 5.82 Å². The molecule has 0 aliphatic heterocycles. The SMILES string of the molecule is O=C(N=NC(=O)c1ccc2c(O)n(-c3ccc(F)cc3)c(O)c2c1)c1ccccc1. The first-order valence-electron chi connectivity index (χ1n) is 8.83. The summed E-state index contributed by atoms with van der Waals surface area (Å²) in [6.07, 6.45) is 0. The van der Waals surface area contributed by atoms with Gasteiger partial charge in [-0.05, 0) is 54.6 Å². The van der Waals surface area contributed by atoms with Crippen molar-refractivity contribution >= 4 is 22.6 Å². The van der Waals surface area contributed by atoms with E-state index in [9.17, 15) is 24.2 Å². The second kappa shape index (κ2) is 7.59. The van der Waals surface area contributed by atoms with E-state index in [-0.39, 0.29) is 28.1 Å². The van der Waals surface area contributed by atoms with Gasteiger partial charge >= 0.3 is 0 Å². The fourth-order valence-corrected chi connectivity index (χ4v) is 3.02. The maximum absolute atomic E-state index is 13.2. The molecule has 2 N–H and O–H groups in total. The molecule has 4 rings (SSSR count). The maximum atomic E-state index is 13.2. The molecule has 1 heterocycles. The van der Waals surface area contributed by atoms with Gasteiger partial charge in [0.1, 0.15) is 5.82 Å². The molecule has 30 heavy (non-hydrogen) atoms. The number of benzene rings is 3. The number of hydrogen-bond donors (Lipinski definition) is 2. The van der Waals surface area contributed by atoms with Crippen molar-refractivity contribution in [1.29, 1.82) is 0 Å². The van der Waals surface area contributed by atoms with Crippen molar-refractivity contribution in [2.24, 2.45) is 10.2 Å². The van der Waals surface area contributed by atoms with Gasteiger partial charge < -0.3 is 10.2 Å². The number of carbonyl (C=O) groups excluding carboxylic acids is 2. The molecule has 0 aliphatic rings. The predicted molar refractivity (Wildman–Crippen MR) is 107 cm³/mol. The molecule has 8 heteroatoms. The zero-order valence-corrected chi connectivity index (χ0v) is 15.4. The van der Waals surface area contributed by atoms with Gasteiger partial charge in [0, 0.05) is 21.9 Å². The van der Waals surface area contributed by atoms with E-state index in [2.05, 4.69) is 10.2 Å². The minimum absolute atomic E-state index is 0.0682. The van der Waals surface area contributed by atoms with Gasteiger partial charge in [-0.2, -0.15) is 0 Å². The molecule has 0 fully saturated rings. The fourth-order valence-electron chi connectivity index (χ4n) is 3.02. The largest absolute Gasteiger partial charge is 0.494 e. The summed E-state index contributed by atoms with van der Waals surface area (Å²) in [5, 5.41) is 28.4. The number of halogens is 1. The summed E-state index contributed by atoms with van der Waals surface area (Å²) in [5.41, 5.74) is 0.700. The number of aromatic nitrogens is 1. The zero-order valence-electron chi connectivity index (χ0n) is 15.4. The summed E-state index contributed by atoms with van der Waals surface area (Å²) in [6.45, 7) is 0. The second-order valence-electron chi connectivity index (χ2n) is 6.40. The molecule has 2 amide bonds. The standard InChI is InChI=1S/C22H14FN3O4/c23-15-7-9-16(10-8-15)26-21(29)17-11-6-14(12-18(17)22(26)30)20(28)25-24-19(27)13-4-2-1-3-5-13/h1-12,29-30H. The van der Waals surface area contributed by atoms with Crippen LogP contribution in [0.4, 0.5) is 4.39 Å². The number of rotatable bonds is 3. The van der Waals surface area contributed by atoms with Crippen LogP contribution in [-0.2, 0) is 0 Å². The number of fused-ring (bicyclic) bond motifs is 1. The lowest BCUT2D eigenvalue weighted by Crippen LogP contribution is -1.97. The minimum atomic E-state index is -0.783. The second-order valence-corrected chi connectivity index (χ2v) is 6.40. The van der Waals surface area contributed by atoms with E-state index in [1.54, 1.807) is 30.3 Å². The van der Waals surface area contributed by atoms with Gasteiger partial charge in [0.15, 0.2) is 0 Å². The van der Waals surface area contributed by atoms with Crippen LogP contribution in [0.25, 0.3) is 16.5 Å². The number of carbonyl (C=O) groups is 2. The van der Waals surface area contributed by atoms with Crippen LogP contribution in [-0.4, -0.2) is 26.6 Å². The molecular formula is C22H14FN3O4. The van der Waals surface area contributed by atoms with Gasteiger partial charge in [0.2, 0.25) is 11.8 Å². The Balaban J connectivity index is 1.67. The number of nitrogens with zero attached hydrogens (tertiary/aromatic N) is 3. The number of hydrogen-bond acceptors (Lipinski definition) is 4. The minimum Gasteiger partial charge on any atom is -0.494 e. The van der Waals surface area contributed by atoms with Crippen molar-refractivity contribution in [3.63, 3.8) is 0 Å². The van der Waals surface area contributed by atoms with E-state index in [1.807, 2.05) is 0 Å². The third kappa shape index (κ3) is 3.42. The number of aromatic hydroxyl groups is 2. The van der Waals surface area contributed by atoms with E-state index in [0.717, 1.165) is 4.57 Å². The lowest BCUT2D eigenvalue weighted by molar-refractivity contribution is 0.0947. The number of azo groups is 1. The average molecular weight is 403 g/mol. The summed E-state index contributed by atoms with van der Waals surface area (Å²) >= 11 is 0. The Bertz CT molecular complexity index is 1300. The molecule has 0 unspecified atom stereocenters. The Hall–Kier alpha value is -4.33.